The molecule has 4 aromatic rings. The molecule has 260 valence electrons. The van der Waals surface area contributed by atoms with E-state index in [-0.39, 0.29) is 23.9 Å². The predicted octanol–water partition coefficient (Wildman–Crippen LogP) is 8.07. The number of amides is 2. The molecule has 0 aliphatic rings. The van der Waals surface area contributed by atoms with E-state index in [0.29, 0.717) is 27.4 Å². The first kappa shape index (κ1) is 37.8. The fourth-order valence-corrected chi connectivity index (χ4v) is 6.79. The van der Waals surface area contributed by atoms with Gasteiger partial charge in [0.1, 0.15) is 12.6 Å². The van der Waals surface area contributed by atoms with Gasteiger partial charge in [0.05, 0.1) is 21.2 Å². The second-order valence-electron chi connectivity index (χ2n) is 11.7. The number of nitrogens with one attached hydrogen (secondary N) is 1. The maximum Gasteiger partial charge on any atom is 0.417 e. The SMILES string of the molecule is CC[C@H](C)NC(=O)[C@H](Cc1ccccc1)N(Cc1ccc(Cl)cc1)C(=O)CN(c1ccc(Cl)c(C(F)(F)F)c1)S(=O)(=O)c1ccc(C)cc1. The molecule has 4 rings (SSSR count). The number of alkyl halides is 3. The van der Waals surface area contributed by atoms with Crippen molar-refractivity contribution in [3.8, 4) is 0 Å². The first-order chi connectivity index (χ1) is 23.1. The molecular formula is C36H36Cl2F3N3O4S. The Bertz CT molecular complexity index is 1860. The molecular weight excluding hydrogens is 698 g/mol. The van der Waals surface area contributed by atoms with Crippen molar-refractivity contribution < 1.29 is 31.2 Å². The smallest absolute Gasteiger partial charge is 0.352 e. The number of nitrogens with zero attached hydrogens (tertiary/aromatic N) is 2. The number of benzene rings is 4. The summed E-state index contributed by atoms with van der Waals surface area (Å²) >= 11 is 12.0. The number of halogens is 5. The van der Waals surface area contributed by atoms with Gasteiger partial charge in [0.15, 0.2) is 0 Å². The van der Waals surface area contributed by atoms with Crippen LogP contribution in [-0.4, -0.2) is 43.8 Å². The van der Waals surface area contributed by atoms with Gasteiger partial charge in [0.25, 0.3) is 10.0 Å². The molecule has 0 saturated carbocycles. The van der Waals surface area contributed by atoms with Crippen LogP contribution in [0.4, 0.5) is 18.9 Å². The Morgan fingerprint density at radius 1 is 0.878 bits per heavy atom. The topological polar surface area (TPSA) is 86.8 Å². The largest absolute Gasteiger partial charge is 0.417 e. The Labute approximate surface area is 294 Å². The van der Waals surface area contributed by atoms with Gasteiger partial charge in [-0.15, -0.1) is 0 Å². The minimum absolute atomic E-state index is 0.0757. The number of aryl methyl sites for hydroxylation is 1. The molecule has 13 heteroatoms. The van der Waals surface area contributed by atoms with E-state index in [1.165, 1.54) is 29.2 Å². The van der Waals surface area contributed by atoms with Gasteiger partial charge in [-0.3, -0.25) is 13.9 Å². The van der Waals surface area contributed by atoms with Gasteiger partial charge in [-0.2, -0.15) is 13.2 Å². The molecule has 0 aliphatic heterocycles. The molecule has 0 aliphatic carbocycles. The van der Waals surface area contributed by atoms with Gasteiger partial charge in [0.2, 0.25) is 11.8 Å². The molecule has 0 heterocycles. The van der Waals surface area contributed by atoms with E-state index in [1.54, 1.807) is 55.5 Å². The van der Waals surface area contributed by atoms with Crippen LogP contribution in [-0.2, 0) is 38.8 Å². The van der Waals surface area contributed by atoms with Gasteiger partial charge in [-0.1, -0.05) is 90.3 Å². The van der Waals surface area contributed by atoms with E-state index in [1.807, 2.05) is 19.9 Å². The third kappa shape index (κ3) is 9.77. The lowest BCUT2D eigenvalue weighted by Crippen LogP contribution is -2.54. The van der Waals surface area contributed by atoms with Crippen molar-refractivity contribution in [3.05, 3.63) is 129 Å². The second kappa shape index (κ2) is 16.1. The monoisotopic (exact) mass is 733 g/mol. The molecule has 1 N–H and O–H groups in total. The fraction of sp³-hybridized carbons (Fsp3) is 0.278. The lowest BCUT2D eigenvalue weighted by molar-refractivity contribution is -0.140. The zero-order valence-corrected chi connectivity index (χ0v) is 29.4. The van der Waals surface area contributed by atoms with E-state index in [9.17, 15) is 31.2 Å². The van der Waals surface area contributed by atoms with Crippen LogP contribution < -0.4 is 9.62 Å². The van der Waals surface area contributed by atoms with Crippen LogP contribution in [0.5, 0.6) is 0 Å². The molecule has 0 unspecified atom stereocenters. The van der Waals surface area contributed by atoms with Crippen LogP contribution in [0.25, 0.3) is 0 Å². The van der Waals surface area contributed by atoms with Crippen molar-refractivity contribution in [2.75, 3.05) is 10.8 Å². The number of anilines is 1. The highest BCUT2D eigenvalue weighted by molar-refractivity contribution is 7.92. The minimum atomic E-state index is -4.91. The molecule has 2 atom stereocenters. The number of carbonyl (C=O) groups is 2. The zero-order chi connectivity index (χ0) is 35.9. The number of sulfonamides is 1. The van der Waals surface area contributed by atoms with Crippen molar-refractivity contribution in [3.63, 3.8) is 0 Å². The third-order valence-corrected chi connectivity index (χ3v) is 10.3. The van der Waals surface area contributed by atoms with Crippen LogP contribution in [0.1, 0.15) is 42.5 Å². The molecule has 7 nitrogen and oxygen atoms in total. The van der Waals surface area contributed by atoms with Crippen LogP contribution >= 0.6 is 23.2 Å². The van der Waals surface area contributed by atoms with E-state index in [2.05, 4.69) is 5.32 Å². The Kier molecular flexibility index (Phi) is 12.4. The molecule has 0 fully saturated rings. The summed E-state index contributed by atoms with van der Waals surface area (Å²) in [4.78, 5) is 29.5. The number of rotatable bonds is 13. The summed E-state index contributed by atoms with van der Waals surface area (Å²) in [6, 6.07) is 22.5. The number of hydrogen-bond donors (Lipinski definition) is 1. The Morgan fingerprint density at radius 2 is 1.51 bits per heavy atom. The van der Waals surface area contributed by atoms with E-state index >= 15 is 0 Å². The van der Waals surface area contributed by atoms with Crippen LogP contribution in [0.3, 0.4) is 0 Å². The van der Waals surface area contributed by atoms with Gasteiger partial charge < -0.3 is 10.2 Å². The van der Waals surface area contributed by atoms with Crippen LogP contribution in [0, 0.1) is 6.92 Å². The van der Waals surface area contributed by atoms with E-state index in [4.69, 9.17) is 23.2 Å². The van der Waals surface area contributed by atoms with Gasteiger partial charge in [0, 0.05) is 24.0 Å². The van der Waals surface area contributed by atoms with E-state index in [0.717, 1.165) is 23.3 Å². The first-order valence-electron chi connectivity index (χ1n) is 15.4. The van der Waals surface area contributed by atoms with Crippen molar-refractivity contribution in [2.24, 2.45) is 0 Å². The van der Waals surface area contributed by atoms with Crippen molar-refractivity contribution in [2.45, 2.75) is 63.3 Å². The van der Waals surface area contributed by atoms with Crippen molar-refractivity contribution >= 4 is 50.7 Å². The predicted molar refractivity (Wildman–Crippen MR) is 186 cm³/mol. The molecule has 0 saturated heterocycles. The average molecular weight is 735 g/mol. The highest BCUT2D eigenvalue weighted by atomic mass is 35.5. The summed E-state index contributed by atoms with van der Waals surface area (Å²) in [5, 5.41) is 2.74. The van der Waals surface area contributed by atoms with Crippen molar-refractivity contribution in [1.82, 2.24) is 10.2 Å². The normalized spacial score (nSPS) is 13.0. The summed E-state index contributed by atoms with van der Waals surface area (Å²) in [5.74, 6) is -1.30. The quantitative estimate of drug-likeness (QED) is 0.151. The van der Waals surface area contributed by atoms with E-state index < -0.39 is 56.9 Å². The molecule has 0 radical (unpaired) electrons. The molecule has 0 aromatic heterocycles. The molecule has 0 bridgehead atoms. The summed E-state index contributed by atoms with van der Waals surface area (Å²) < 4.78 is 70.9. The van der Waals surface area contributed by atoms with Crippen LogP contribution in [0.15, 0.2) is 102 Å². The van der Waals surface area contributed by atoms with Crippen molar-refractivity contribution in [1.29, 1.82) is 0 Å². The summed E-state index contributed by atoms with van der Waals surface area (Å²) in [6.07, 6.45) is -4.23. The van der Waals surface area contributed by atoms with Gasteiger partial charge >= 0.3 is 6.18 Å². The highest BCUT2D eigenvalue weighted by Gasteiger charge is 2.38. The molecule has 2 amide bonds. The van der Waals surface area contributed by atoms with Gasteiger partial charge in [-0.05, 0) is 73.9 Å². The number of hydrogen-bond acceptors (Lipinski definition) is 4. The second-order valence-corrected chi connectivity index (χ2v) is 14.4. The van der Waals surface area contributed by atoms with Gasteiger partial charge in [-0.25, -0.2) is 8.42 Å². The standard InChI is InChI=1S/C36H36Cl2F3N3O4S/c1-4-25(3)42-35(46)33(20-26-8-6-5-7-9-26)43(22-27-12-14-28(37)15-13-27)34(45)23-44(49(47,48)30-17-10-24(2)11-18-30)29-16-19-32(38)31(21-29)36(39,40)41/h5-19,21,25,33H,4,20,22-23H2,1-3H3,(H,42,46)/t25-,33-/m0/s1. The number of carbonyl (C=O) groups excluding carboxylic acids is 2. The maximum atomic E-state index is 14.5. The Balaban J connectivity index is 1.87. The third-order valence-electron chi connectivity index (χ3n) is 7.97. The van der Waals surface area contributed by atoms with Crippen LogP contribution in [0.2, 0.25) is 10.0 Å². The highest BCUT2D eigenvalue weighted by Crippen LogP contribution is 2.38. The molecule has 4 aromatic carbocycles. The summed E-state index contributed by atoms with van der Waals surface area (Å²) in [6.45, 7) is 4.40. The molecule has 49 heavy (non-hydrogen) atoms. The minimum Gasteiger partial charge on any atom is -0.352 e. The first-order valence-corrected chi connectivity index (χ1v) is 17.6. The maximum absolute atomic E-state index is 14.5. The lowest BCUT2D eigenvalue weighted by Gasteiger charge is -2.34. The Hall–Kier alpha value is -4.06. The fourth-order valence-electron chi connectivity index (χ4n) is 5.03. The average Bonchev–Trinajstić information content (AvgIpc) is 3.06. The molecule has 0 spiro atoms. The Morgan fingerprint density at radius 3 is 2.10 bits per heavy atom. The lowest BCUT2D eigenvalue weighted by atomic mass is 10.0. The zero-order valence-electron chi connectivity index (χ0n) is 27.0. The summed E-state index contributed by atoms with van der Waals surface area (Å²) in [7, 11) is -4.62. The summed E-state index contributed by atoms with van der Waals surface area (Å²) in [5.41, 5.74) is 0.373.